The van der Waals surface area contributed by atoms with Gasteiger partial charge in [-0.3, -0.25) is 9.36 Å². The molecule has 0 radical (unpaired) electrons. The molecule has 6 heteroatoms. The van der Waals surface area contributed by atoms with Crippen molar-refractivity contribution in [2.75, 3.05) is 6.61 Å². The van der Waals surface area contributed by atoms with Gasteiger partial charge in [0.1, 0.15) is 16.9 Å². The lowest BCUT2D eigenvalue weighted by molar-refractivity contribution is 0.0960. The molecule has 2 aromatic heterocycles. The summed E-state index contributed by atoms with van der Waals surface area (Å²) in [6, 6.07) is 4.50. The largest absolute Gasteiger partial charge is 0.376 e. The molecule has 4 rings (SSSR count). The molecule has 0 bridgehead atoms. The van der Waals surface area contributed by atoms with Crippen LogP contribution in [0.15, 0.2) is 29.3 Å². The predicted molar refractivity (Wildman–Crippen MR) is 81.4 cm³/mol. The molecule has 3 aromatic rings. The standard InChI is InChI=1S/C16H16FN3O2/c1-19-13-5-4-10(17)7-12(13)14-15(19)16(21)20(9-18-14)8-11-3-2-6-22-11/h4-5,7,9,11H,2-3,6,8H2,1H3/t11-/m1/s1. The number of fused-ring (bicyclic) bond motifs is 3. The molecule has 0 amide bonds. The van der Waals surface area contributed by atoms with E-state index in [9.17, 15) is 9.18 Å². The molecule has 0 aliphatic carbocycles. The number of aryl methyl sites for hydroxylation is 1. The second-order valence-corrected chi connectivity index (χ2v) is 5.75. The Bertz CT molecular complexity index is 922. The minimum absolute atomic E-state index is 0.0732. The molecule has 0 unspecified atom stereocenters. The van der Waals surface area contributed by atoms with Gasteiger partial charge in [-0.25, -0.2) is 9.37 Å². The Morgan fingerprint density at radius 1 is 1.45 bits per heavy atom. The van der Waals surface area contributed by atoms with Crippen LogP contribution in [0.5, 0.6) is 0 Å². The van der Waals surface area contributed by atoms with Crippen LogP contribution in [0.2, 0.25) is 0 Å². The van der Waals surface area contributed by atoms with Crippen molar-refractivity contribution in [3.05, 3.63) is 40.7 Å². The smallest absolute Gasteiger partial charge is 0.277 e. The van der Waals surface area contributed by atoms with Crippen molar-refractivity contribution < 1.29 is 9.13 Å². The van der Waals surface area contributed by atoms with Crippen LogP contribution in [0.1, 0.15) is 12.8 Å². The number of benzene rings is 1. The third-order valence-electron chi connectivity index (χ3n) is 4.35. The van der Waals surface area contributed by atoms with E-state index < -0.39 is 0 Å². The van der Waals surface area contributed by atoms with Gasteiger partial charge in [-0.2, -0.15) is 0 Å². The maximum atomic E-state index is 13.5. The highest BCUT2D eigenvalue weighted by Crippen LogP contribution is 2.25. The molecule has 1 saturated heterocycles. The van der Waals surface area contributed by atoms with Gasteiger partial charge >= 0.3 is 0 Å². The van der Waals surface area contributed by atoms with Crippen LogP contribution in [0.25, 0.3) is 21.9 Å². The minimum atomic E-state index is -0.328. The van der Waals surface area contributed by atoms with E-state index in [0.29, 0.717) is 23.0 Å². The summed E-state index contributed by atoms with van der Waals surface area (Å²) in [6.07, 6.45) is 3.60. The van der Waals surface area contributed by atoms with Crippen molar-refractivity contribution in [3.63, 3.8) is 0 Å². The third kappa shape index (κ3) is 1.94. The molecule has 1 aliphatic rings. The van der Waals surface area contributed by atoms with Gasteiger partial charge in [0.05, 0.1) is 24.5 Å². The summed E-state index contributed by atoms with van der Waals surface area (Å²) in [4.78, 5) is 17.1. The Morgan fingerprint density at radius 3 is 3.09 bits per heavy atom. The Hall–Kier alpha value is -2.21. The number of rotatable bonds is 2. The fourth-order valence-electron chi connectivity index (χ4n) is 3.23. The second kappa shape index (κ2) is 4.91. The first-order valence-corrected chi connectivity index (χ1v) is 7.40. The number of aromatic nitrogens is 3. The fraction of sp³-hybridized carbons (Fsp3) is 0.375. The minimum Gasteiger partial charge on any atom is -0.376 e. The molecule has 1 atom stereocenters. The zero-order valence-corrected chi connectivity index (χ0v) is 12.3. The number of nitrogens with zero attached hydrogens (tertiary/aromatic N) is 3. The third-order valence-corrected chi connectivity index (χ3v) is 4.35. The number of ether oxygens (including phenoxy) is 1. The number of hydrogen-bond acceptors (Lipinski definition) is 3. The van der Waals surface area contributed by atoms with E-state index in [1.807, 2.05) is 7.05 Å². The van der Waals surface area contributed by atoms with Gasteiger partial charge in [0.2, 0.25) is 0 Å². The van der Waals surface area contributed by atoms with Crippen molar-refractivity contribution in [3.8, 4) is 0 Å². The average molecular weight is 301 g/mol. The van der Waals surface area contributed by atoms with E-state index in [1.165, 1.54) is 18.5 Å². The zero-order chi connectivity index (χ0) is 15.3. The second-order valence-electron chi connectivity index (χ2n) is 5.75. The topological polar surface area (TPSA) is 49.0 Å². The van der Waals surface area contributed by atoms with Crippen LogP contribution in [-0.4, -0.2) is 26.8 Å². The lowest BCUT2D eigenvalue weighted by atomic mass is 10.2. The molecule has 114 valence electrons. The van der Waals surface area contributed by atoms with E-state index in [2.05, 4.69) is 4.98 Å². The Morgan fingerprint density at radius 2 is 2.32 bits per heavy atom. The van der Waals surface area contributed by atoms with E-state index >= 15 is 0 Å². The molecule has 5 nitrogen and oxygen atoms in total. The Labute approximate surface area is 125 Å². The van der Waals surface area contributed by atoms with Crippen LogP contribution in [-0.2, 0) is 18.3 Å². The van der Waals surface area contributed by atoms with E-state index in [-0.39, 0.29) is 17.5 Å². The van der Waals surface area contributed by atoms with Gasteiger partial charge < -0.3 is 9.30 Å². The summed E-state index contributed by atoms with van der Waals surface area (Å²) in [5.74, 6) is -0.328. The van der Waals surface area contributed by atoms with Crippen molar-refractivity contribution in [2.24, 2.45) is 7.05 Å². The van der Waals surface area contributed by atoms with Gasteiger partial charge in [0, 0.05) is 19.0 Å². The lowest BCUT2D eigenvalue weighted by Crippen LogP contribution is -2.27. The summed E-state index contributed by atoms with van der Waals surface area (Å²) in [5.41, 5.74) is 1.74. The molecule has 0 spiro atoms. The summed E-state index contributed by atoms with van der Waals surface area (Å²) in [6.45, 7) is 1.26. The molecule has 0 N–H and O–H groups in total. The van der Waals surface area contributed by atoms with Gasteiger partial charge in [-0.05, 0) is 31.0 Å². The lowest BCUT2D eigenvalue weighted by Gasteiger charge is -2.11. The molecule has 0 saturated carbocycles. The Balaban J connectivity index is 1.92. The summed E-state index contributed by atoms with van der Waals surface area (Å²) in [5, 5.41) is 0.666. The fourth-order valence-corrected chi connectivity index (χ4v) is 3.23. The van der Waals surface area contributed by atoms with Gasteiger partial charge in [-0.1, -0.05) is 0 Å². The molecule has 1 aromatic carbocycles. The van der Waals surface area contributed by atoms with Crippen LogP contribution in [0.4, 0.5) is 4.39 Å². The molecule has 1 fully saturated rings. The number of hydrogen-bond donors (Lipinski definition) is 0. The summed E-state index contributed by atoms with van der Waals surface area (Å²) in [7, 11) is 1.81. The van der Waals surface area contributed by atoms with Crippen LogP contribution >= 0.6 is 0 Å². The van der Waals surface area contributed by atoms with Crippen molar-refractivity contribution in [1.82, 2.24) is 14.1 Å². The molecule has 3 heterocycles. The number of halogens is 1. The maximum Gasteiger partial charge on any atom is 0.277 e. The van der Waals surface area contributed by atoms with Crippen molar-refractivity contribution in [1.29, 1.82) is 0 Å². The summed E-state index contributed by atoms with van der Waals surface area (Å²) >= 11 is 0. The van der Waals surface area contributed by atoms with Gasteiger partial charge in [0.25, 0.3) is 5.56 Å². The van der Waals surface area contributed by atoms with Gasteiger partial charge in [-0.15, -0.1) is 0 Å². The van der Waals surface area contributed by atoms with E-state index in [1.54, 1.807) is 15.2 Å². The first kappa shape index (κ1) is 13.5. The summed E-state index contributed by atoms with van der Waals surface area (Å²) < 4.78 is 22.4. The molecular weight excluding hydrogens is 285 g/mol. The highest BCUT2D eigenvalue weighted by Gasteiger charge is 2.19. The molecular formula is C16H16FN3O2. The maximum absolute atomic E-state index is 13.5. The molecule has 1 aliphatic heterocycles. The highest BCUT2D eigenvalue weighted by atomic mass is 19.1. The first-order valence-electron chi connectivity index (χ1n) is 7.40. The van der Waals surface area contributed by atoms with E-state index in [0.717, 1.165) is 25.0 Å². The van der Waals surface area contributed by atoms with Crippen molar-refractivity contribution >= 4 is 21.9 Å². The van der Waals surface area contributed by atoms with Crippen LogP contribution < -0.4 is 5.56 Å². The highest BCUT2D eigenvalue weighted by molar-refractivity contribution is 6.05. The van der Waals surface area contributed by atoms with E-state index in [4.69, 9.17) is 4.74 Å². The SMILES string of the molecule is Cn1c2ccc(F)cc2c2ncn(C[C@H]3CCCO3)c(=O)c21. The van der Waals surface area contributed by atoms with Gasteiger partial charge in [0.15, 0.2) is 0 Å². The first-order chi connectivity index (χ1) is 10.6. The van der Waals surface area contributed by atoms with Crippen LogP contribution in [0.3, 0.4) is 0 Å². The average Bonchev–Trinajstić information content (AvgIpc) is 3.10. The Kier molecular flexibility index (Phi) is 3.00. The quantitative estimate of drug-likeness (QED) is 0.729. The monoisotopic (exact) mass is 301 g/mol. The van der Waals surface area contributed by atoms with Crippen LogP contribution in [0, 0.1) is 5.82 Å². The predicted octanol–water partition coefficient (Wildman–Crippen LogP) is 2.21. The zero-order valence-electron chi connectivity index (χ0n) is 12.3. The normalized spacial score (nSPS) is 18.5. The van der Waals surface area contributed by atoms with Crippen molar-refractivity contribution in [2.45, 2.75) is 25.5 Å². The molecule has 22 heavy (non-hydrogen) atoms.